The predicted molar refractivity (Wildman–Crippen MR) is 70.0 cm³/mol. The number of hydrogen-bond acceptors (Lipinski definition) is 5. The number of fused-ring (bicyclic) bond motifs is 1. The summed E-state index contributed by atoms with van der Waals surface area (Å²) in [5.41, 5.74) is 1.38. The molecule has 0 aromatic carbocycles. The second-order valence-corrected chi connectivity index (χ2v) is 4.02. The van der Waals surface area contributed by atoms with Gasteiger partial charge in [0.05, 0.1) is 0 Å². The van der Waals surface area contributed by atoms with E-state index in [1.807, 2.05) is 13.8 Å². The molecule has 100 valence electrons. The first kappa shape index (κ1) is 13.1. The molecule has 0 spiro atoms. The van der Waals surface area contributed by atoms with Gasteiger partial charge in [-0.05, 0) is 13.8 Å². The Morgan fingerprint density at radius 2 is 2.32 bits per heavy atom. The van der Waals surface area contributed by atoms with E-state index in [-0.39, 0.29) is 12.5 Å². The van der Waals surface area contributed by atoms with Gasteiger partial charge in [0.25, 0.3) is 5.91 Å². The van der Waals surface area contributed by atoms with Crippen molar-refractivity contribution >= 4 is 17.0 Å². The van der Waals surface area contributed by atoms with Crippen LogP contribution in [0.1, 0.15) is 11.3 Å². The molecule has 0 radical (unpaired) electrons. The maximum Gasteiger partial charge on any atom is 0.258 e. The SMILES string of the molecule is C=CCNC(=O)COc1ncnc2oc(C)c(C)c12. The Morgan fingerprint density at radius 3 is 3.05 bits per heavy atom. The van der Waals surface area contributed by atoms with Crippen LogP contribution >= 0.6 is 0 Å². The monoisotopic (exact) mass is 261 g/mol. The lowest BCUT2D eigenvalue weighted by molar-refractivity contribution is -0.122. The van der Waals surface area contributed by atoms with Gasteiger partial charge in [-0.3, -0.25) is 4.79 Å². The van der Waals surface area contributed by atoms with Crippen molar-refractivity contribution in [1.29, 1.82) is 0 Å². The first-order valence-corrected chi connectivity index (χ1v) is 5.84. The highest BCUT2D eigenvalue weighted by Gasteiger charge is 2.15. The second kappa shape index (κ2) is 5.51. The Bertz CT molecular complexity index is 619. The molecule has 0 bridgehead atoms. The zero-order valence-electron chi connectivity index (χ0n) is 10.9. The summed E-state index contributed by atoms with van der Waals surface area (Å²) in [6, 6.07) is 0. The lowest BCUT2D eigenvalue weighted by Gasteiger charge is -2.05. The molecule has 0 aliphatic rings. The fourth-order valence-corrected chi connectivity index (χ4v) is 1.63. The van der Waals surface area contributed by atoms with Gasteiger partial charge in [-0.15, -0.1) is 6.58 Å². The fraction of sp³-hybridized carbons (Fsp3) is 0.308. The highest BCUT2D eigenvalue weighted by atomic mass is 16.5. The van der Waals surface area contributed by atoms with Crippen LogP contribution in [-0.4, -0.2) is 29.0 Å². The highest BCUT2D eigenvalue weighted by molar-refractivity contribution is 5.84. The average Bonchev–Trinajstić information content (AvgIpc) is 2.70. The third-order valence-electron chi connectivity index (χ3n) is 2.71. The number of amides is 1. The third-order valence-corrected chi connectivity index (χ3v) is 2.71. The predicted octanol–water partition coefficient (Wildman–Crippen LogP) is 1.52. The van der Waals surface area contributed by atoms with Crippen molar-refractivity contribution in [1.82, 2.24) is 15.3 Å². The van der Waals surface area contributed by atoms with Crippen LogP contribution < -0.4 is 10.1 Å². The van der Waals surface area contributed by atoms with Crippen molar-refractivity contribution < 1.29 is 13.9 Å². The molecule has 0 unspecified atom stereocenters. The molecule has 2 aromatic heterocycles. The van der Waals surface area contributed by atoms with Crippen molar-refractivity contribution in [2.45, 2.75) is 13.8 Å². The number of rotatable bonds is 5. The van der Waals surface area contributed by atoms with E-state index in [0.29, 0.717) is 23.5 Å². The molecule has 0 saturated carbocycles. The van der Waals surface area contributed by atoms with Crippen molar-refractivity contribution in [2.75, 3.05) is 13.2 Å². The maximum atomic E-state index is 11.5. The molecule has 19 heavy (non-hydrogen) atoms. The van der Waals surface area contributed by atoms with Crippen LogP contribution in [0.2, 0.25) is 0 Å². The molecule has 0 atom stereocenters. The van der Waals surface area contributed by atoms with Gasteiger partial charge in [0.15, 0.2) is 6.61 Å². The smallest absolute Gasteiger partial charge is 0.258 e. The minimum Gasteiger partial charge on any atom is -0.467 e. The largest absolute Gasteiger partial charge is 0.467 e. The Hall–Kier alpha value is -2.37. The van der Waals surface area contributed by atoms with Gasteiger partial charge in [0, 0.05) is 12.1 Å². The number of hydrogen-bond donors (Lipinski definition) is 1. The Morgan fingerprint density at radius 1 is 1.53 bits per heavy atom. The van der Waals surface area contributed by atoms with Gasteiger partial charge < -0.3 is 14.5 Å². The molecular formula is C13H15N3O3. The summed E-state index contributed by atoms with van der Waals surface area (Å²) in [5.74, 6) is 0.883. The summed E-state index contributed by atoms with van der Waals surface area (Å²) in [6.07, 6.45) is 2.95. The van der Waals surface area contributed by atoms with Gasteiger partial charge in [-0.1, -0.05) is 6.08 Å². The summed E-state index contributed by atoms with van der Waals surface area (Å²) in [5, 5.41) is 3.33. The van der Waals surface area contributed by atoms with E-state index in [9.17, 15) is 4.79 Å². The van der Waals surface area contributed by atoms with Crippen LogP contribution in [0.15, 0.2) is 23.4 Å². The van der Waals surface area contributed by atoms with Crippen molar-refractivity contribution in [3.63, 3.8) is 0 Å². The van der Waals surface area contributed by atoms with E-state index in [2.05, 4.69) is 21.9 Å². The maximum absolute atomic E-state index is 11.5. The van der Waals surface area contributed by atoms with E-state index in [1.54, 1.807) is 6.08 Å². The number of aromatic nitrogens is 2. The molecular weight excluding hydrogens is 246 g/mol. The van der Waals surface area contributed by atoms with Gasteiger partial charge in [0.2, 0.25) is 11.6 Å². The summed E-state index contributed by atoms with van der Waals surface area (Å²) in [6.45, 7) is 7.56. The van der Waals surface area contributed by atoms with Gasteiger partial charge >= 0.3 is 0 Å². The van der Waals surface area contributed by atoms with E-state index in [0.717, 1.165) is 11.3 Å². The summed E-state index contributed by atoms with van der Waals surface area (Å²) in [7, 11) is 0. The fourth-order valence-electron chi connectivity index (χ4n) is 1.63. The topological polar surface area (TPSA) is 77.2 Å². The quantitative estimate of drug-likeness (QED) is 0.826. The zero-order valence-corrected chi connectivity index (χ0v) is 10.9. The summed E-state index contributed by atoms with van der Waals surface area (Å²) >= 11 is 0. The standard InChI is InChI=1S/C13H15N3O3/c1-4-5-14-10(17)6-18-12-11-8(2)9(3)19-13(11)16-7-15-12/h4,7H,1,5-6H2,2-3H3,(H,14,17). The highest BCUT2D eigenvalue weighted by Crippen LogP contribution is 2.29. The molecule has 0 aliphatic carbocycles. The number of aryl methyl sites for hydroxylation is 2. The lowest BCUT2D eigenvalue weighted by Crippen LogP contribution is -2.29. The van der Waals surface area contributed by atoms with Crippen LogP contribution in [0.3, 0.4) is 0 Å². The molecule has 2 aromatic rings. The van der Waals surface area contributed by atoms with Crippen molar-refractivity contribution in [3.05, 3.63) is 30.3 Å². The molecule has 2 heterocycles. The minimum atomic E-state index is -0.232. The summed E-state index contributed by atoms with van der Waals surface area (Å²) in [4.78, 5) is 19.5. The van der Waals surface area contributed by atoms with Crippen LogP contribution in [0.4, 0.5) is 0 Å². The molecule has 1 amide bonds. The van der Waals surface area contributed by atoms with Gasteiger partial charge in [-0.25, -0.2) is 9.97 Å². The zero-order chi connectivity index (χ0) is 13.8. The molecule has 6 nitrogen and oxygen atoms in total. The minimum absolute atomic E-state index is 0.108. The van der Waals surface area contributed by atoms with Gasteiger partial charge in [-0.2, -0.15) is 0 Å². The second-order valence-electron chi connectivity index (χ2n) is 4.02. The Labute approximate surface area is 110 Å². The van der Waals surface area contributed by atoms with Crippen LogP contribution in [-0.2, 0) is 4.79 Å². The molecule has 0 aliphatic heterocycles. The lowest BCUT2D eigenvalue weighted by atomic mass is 10.2. The van der Waals surface area contributed by atoms with E-state index < -0.39 is 0 Å². The molecule has 0 fully saturated rings. The van der Waals surface area contributed by atoms with Gasteiger partial charge in [0.1, 0.15) is 17.5 Å². The number of nitrogens with zero attached hydrogens (tertiary/aromatic N) is 2. The molecule has 6 heteroatoms. The Kier molecular flexibility index (Phi) is 3.79. The molecule has 2 rings (SSSR count). The first-order valence-electron chi connectivity index (χ1n) is 5.84. The normalized spacial score (nSPS) is 10.4. The number of furan rings is 1. The van der Waals surface area contributed by atoms with E-state index in [1.165, 1.54) is 6.33 Å². The number of nitrogens with one attached hydrogen (secondary N) is 1. The van der Waals surface area contributed by atoms with Crippen LogP contribution in [0.25, 0.3) is 11.1 Å². The van der Waals surface area contributed by atoms with Crippen LogP contribution in [0.5, 0.6) is 5.88 Å². The van der Waals surface area contributed by atoms with E-state index >= 15 is 0 Å². The molecule has 0 saturated heterocycles. The number of carbonyl (C=O) groups excluding carboxylic acids is 1. The van der Waals surface area contributed by atoms with Crippen LogP contribution in [0, 0.1) is 13.8 Å². The number of ether oxygens (including phenoxy) is 1. The first-order chi connectivity index (χ1) is 9.13. The summed E-state index contributed by atoms with van der Waals surface area (Å²) < 4.78 is 10.9. The van der Waals surface area contributed by atoms with Crippen molar-refractivity contribution in [2.24, 2.45) is 0 Å². The third kappa shape index (κ3) is 2.73. The number of carbonyl (C=O) groups is 1. The molecule has 1 N–H and O–H groups in total. The average molecular weight is 261 g/mol. The van der Waals surface area contributed by atoms with Crippen molar-refractivity contribution in [3.8, 4) is 5.88 Å². The van der Waals surface area contributed by atoms with E-state index in [4.69, 9.17) is 9.15 Å². The Balaban J connectivity index is 2.17.